The summed E-state index contributed by atoms with van der Waals surface area (Å²) in [4.78, 5) is 16.0. The number of tetrazole rings is 1. The van der Waals surface area contributed by atoms with Crippen molar-refractivity contribution in [2.45, 2.75) is 32.1 Å². The molecule has 25 heavy (non-hydrogen) atoms. The van der Waals surface area contributed by atoms with Gasteiger partial charge in [0.1, 0.15) is 0 Å². The summed E-state index contributed by atoms with van der Waals surface area (Å²) in [5, 5.41) is 24.6. The van der Waals surface area contributed by atoms with Crippen LogP contribution in [0.5, 0.6) is 0 Å². The number of aromatic amines is 1. The number of nitrogen functional groups attached to an aromatic ring is 1. The second-order valence-corrected chi connectivity index (χ2v) is 6.11. The summed E-state index contributed by atoms with van der Waals surface area (Å²) in [5.74, 6) is -1.35. The van der Waals surface area contributed by atoms with Gasteiger partial charge < -0.3 is 10.8 Å². The van der Waals surface area contributed by atoms with Crippen LogP contribution >= 0.6 is 0 Å². The predicted molar refractivity (Wildman–Crippen MR) is 92.8 cm³/mol. The number of hydrogen-bond donors (Lipinski definition) is 3. The molecule has 0 aliphatic carbocycles. The number of H-pyrrole nitrogens is 1. The van der Waals surface area contributed by atoms with Crippen LogP contribution in [0.3, 0.4) is 0 Å². The fraction of sp³-hybridized carbons (Fsp3) is 0.353. The lowest BCUT2D eigenvalue weighted by Gasteiger charge is -2.21. The number of benzene rings is 1. The van der Waals surface area contributed by atoms with Gasteiger partial charge in [-0.25, -0.2) is 0 Å². The second-order valence-electron chi connectivity index (χ2n) is 6.11. The molecule has 0 saturated heterocycles. The summed E-state index contributed by atoms with van der Waals surface area (Å²) in [6.07, 6.45) is 3.44. The third-order valence-electron chi connectivity index (χ3n) is 4.32. The maximum absolute atomic E-state index is 11.8. The molecule has 0 radical (unpaired) electrons. The summed E-state index contributed by atoms with van der Waals surface area (Å²) in [7, 11) is 0. The highest BCUT2D eigenvalue weighted by Gasteiger charge is 2.32. The van der Waals surface area contributed by atoms with E-state index in [2.05, 4.69) is 25.6 Å². The first-order chi connectivity index (χ1) is 12.1. The van der Waals surface area contributed by atoms with Crippen LogP contribution in [0.15, 0.2) is 30.5 Å². The number of carboxylic acids is 1. The Morgan fingerprint density at radius 3 is 2.88 bits per heavy atom. The number of hydrogen-bond acceptors (Lipinski definition) is 6. The normalized spacial score (nSPS) is 13.6. The first-order valence-electron chi connectivity index (χ1n) is 8.18. The fourth-order valence-electron chi connectivity index (χ4n) is 3.13. The first-order valence-corrected chi connectivity index (χ1v) is 8.18. The molecule has 4 N–H and O–H groups in total. The number of rotatable bonds is 7. The van der Waals surface area contributed by atoms with Gasteiger partial charge in [0.05, 0.1) is 23.3 Å². The number of anilines is 1. The zero-order chi connectivity index (χ0) is 17.8. The molecule has 0 spiro atoms. The van der Waals surface area contributed by atoms with Gasteiger partial charge in [-0.1, -0.05) is 24.6 Å². The Morgan fingerprint density at radius 1 is 1.36 bits per heavy atom. The third kappa shape index (κ3) is 3.73. The van der Waals surface area contributed by atoms with Crippen molar-refractivity contribution in [2.75, 3.05) is 5.73 Å². The van der Waals surface area contributed by atoms with Gasteiger partial charge >= 0.3 is 5.97 Å². The monoisotopic (exact) mass is 340 g/mol. The van der Waals surface area contributed by atoms with E-state index >= 15 is 0 Å². The van der Waals surface area contributed by atoms with Gasteiger partial charge in [-0.3, -0.25) is 9.78 Å². The number of nitrogens with zero attached hydrogens (tertiary/aromatic N) is 4. The zero-order valence-electron chi connectivity index (χ0n) is 13.9. The summed E-state index contributed by atoms with van der Waals surface area (Å²) in [5.41, 5.74) is 8.23. The molecule has 8 nitrogen and oxygen atoms in total. The number of pyridine rings is 1. The van der Waals surface area contributed by atoms with Gasteiger partial charge in [0, 0.05) is 11.3 Å². The molecule has 1 aromatic carbocycles. The predicted octanol–water partition coefficient (Wildman–Crippen LogP) is 2.16. The van der Waals surface area contributed by atoms with E-state index in [1.54, 1.807) is 6.20 Å². The highest BCUT2D eigenvalue weighted by atomic mass is 16.4. The largest absolute Gasteiger partial charge is 0.481 e. The Morgan fingerprint density at radius 2 is 2.20 bits per heavy atom. The molecule has 8 heteroatoms. The Hall–Kier alpha value is -3.03. The average molecular weight is 340 g/mol. The maximum Gasteiger partial charge on any atom is 0.307 e. The van der Waals surface area contributed by atoms with Crippen molar-refractivity contribution < 1.29 is 9.90 Å². The maximum atomic E-state index is 11.8. The SMILES string of the molecule is CCC[C@H](C(=O)O)[C@H](Cc1ccc2ncc(N)cc2c1)c1nn[nH]n1. The molecular weight excluding hydrogens is 320 g/mol. The zero-order valence-corrected chi connectivity index (χ0v) is 13.9. The van der Waals surface area contributed by atoms with Crippen molar-refractivity contribution >= 4 is 22.6 Å². The summed E-state index contributed by atoms with van der Waals surface area (Å²) in [6.45, 7) is 1.97. The number of fused-ring (bicyclic) bond motifs is 1. The molecule has 0 bridgehead atoms. The molecular formula is C17H20N6O2. The molecule has 0 aliphatic rings. The van der Waals surface area contributed by atoms with E-state index in [9.17, 15) is 9.90 Å². The van der Waals surface area contributed by atoms with Crippen molar-refractivity contribution in [3.05, 3.63) is 41.9 Å². The van der Waals surface area contributed by atoms with Crippen LogP contribution in [0.1, 0.15) is 37.1 Å². The van der Waals surface area contributed by atoms with Crippen molar-refractivity contribution in [3.63, 3.8) is 0 Å². The Bertz CT molecular complexity index is 865. The standard InChI is InChI=1S/C17H20N6O2/c1-2-3-13(17(24)25)14(16-20-22-23-21-16)7-10-4-5-15-11(6-10)8-12(18)9-19-15/h4-6,8-9,13-14H,2-3,7,18H2,1H3,(H,24,25)(H,20,21,22,23)/t13-,14-/m0/s1. The Kier molecular flexibility index (Phi) is 4.87. The van der Waals surface area contributed by atoms with Crippen molar-refractivity contribution in [3.8, 4) is 0 Å². The number of aliphatic carboxylic acids is 1. The summed E-state index contributed by atoms with van der Waals surface area (Å²) >= 11 is 0. The lowest BCUT2D eigenvalue weighted by molar-refractivity contribution is -0.142. The van der Waals surface area contributed by atoms with E-state index in [4.69, 9.17) is 5.73 Å². The van der Waals surface area contributed by atoms with Crippen LogP contribution in [0.4, 0.5) is 5.69 Å². The van der Waals surface area contributed by atoms with Crippen molar-refractivity contribution in [1.29, 1.82) is 0 Å². The highest BCUT2D eigenvalue weighted by Crippen LogP contribution is 2.30. The number of carbonyl (C=O) groups is 1. The molecule has 3 aromatic rings. The van der Waals surface area contributed by atoms with Crippen LogP contribution in [0.2, 0.25) is 0 Å². The van der Waals surface area contributed by atoms with Gasteiger partial charge in [-0.15, -0.1) is 10.2 Å². The Balaban J connectivity index is 1.95. The van der Waals surface area contributed by atoms with Crippen LogP contribution in [-0.4, -0.2) is 36.7 Å². The summed E-state index contributed by atoms with van der Waals surface area (Å²) < 4.78 is 0. The molecule has 2 heterocycles. The Labute approximate surface area is 144 Å². The van der Waals surface area contributed by atoms with E-state index in [-0.39, 0.29) is 5.92 Å². The van der Waals surface area contributed by atoms with E-state index in [1.165, 1.54) is 0 Å². The first kappa shape index (κ1) is 16.8. The molecule has 0 aliphatic heterocycles. The highest BCUT2D eigenvalue weighted by molar-refractivity contribution is 5.81. The molecule has 0 fully saturated rings. The third-order valence-corrected chi connectivity index (χ3v) is 4.32. The number of nitrogens with one attached hydrogen (secondary N) is 1. The van der Waals surface area contributed by atoms with Crippen molar-refractivity contribution in [2.24, 2.45) is 5.92 Å². The molecule has 130 valence electrons. The van der Waals surface area contributed by atoms with Crippen LogP contribution in [0, 0.1) is 5.92 Å². The number of aromatic nitrogens is 5. The minimum absolute atomic E-state index is 0.359. The lowest BCUT2D eigenvalue weighted by Crippen LogP contribution is -2.25. The van der Waals surface area contributed by atoms with Gasteiger partial charge in [-0.2, -0.15) is 5.21 Å². The smallest absolute Gasteiger partial charge is 0.307 e. The minimum Gasteiger partial charge on any atom is -0.481 e. The lowest BCUT2D eigenvalue weighted by atomic mass is 9.83. The van der Waals surface area contributed by atoms with Crippen LogP contribution in [0.25, 0.3) is 10.9 Å². The molecule has 0 saturated carbocycles. The summed E-state index contributed by atoms with van der Waals surface area (Å²) in [6, 6.07) is 7.70. The van der Waals surface area contributed by atoms with Gasteiger partial charge in [0.15, 0.2) is 5.82 Å². The fourth-order valence-corrected chi connectivity index (χ4v) is 3.13. The van der Waals surface area contributed by atoms with Gasteiger partial charge in [0.2, 0.25) is 0 Å². The van der Waals surface area contributed by atoms with Crippen LogP contribution in [-0.2, 0) is 11.2 Å². The molecule has 0 unspecified atom stereocenters. The van der Waals surface area contributed by atoms with E-state index in [1.807, 2.05) is 31.2 Å². The molecule has 2 aromatic heterocycles. The molecule has 0 amide bonds. The minimum atomic E-state index is -0.844. The van der Waals surface area contributed by atoms with Gasteiger partial charge in [-0.05, 0) is 36.6 Å². The topological polar surface area (TPSA) is 131 Å². The quantitative estimate of drug-likeness (QED) is 0.600. The van der Waals surface area contributed by atoms with Gasteiger partial charge in [0.25, 0.3) is 0 Å². The molecule has 2 atom stereocenters. The molecule has 3 rings (SSSR count). The average Bonchev–Trinajstić information content (AvgIpc) is 3.11. The van der Waals surface area contributed by atoms with E-state index in [0.717, 1.165) is 22.9 Å². The number of carboxylic acid groups (broad SMARTS) is 1. The van der Waals surface area contributed by atoms with E-state index < -0.39 is 11.9 Å². The number of nitrogens with two attached hydrogens (primary N) is 1. The van der Waals surface area contributed by atoms with E-state index in [0.29, 0.717) is 24.4 Å². The van der Waals surface area contributed by atoms with Crippen LogP contribution < -0.4 is 5.73 Å². The van der Waals surface area contributed by atoms with Crippen molar-refractivity contribution in [1.82, 2.24) is 25.6 Å². The second kappa shape index (κ2) is 7.25.